The highest BCUT2D eigenvalue weighted by molar-refractivity contribution is 5.73. The Bertz CT molecular complexity index is 1480. The summed E-state index contributed by atoms with van der Waals surface area (Å²) in [6.45, 7) is 6.20. The Morgan fingerprint density at radius 1 is 0.811 bits per heavy atom. The Balaban J connectivity index is 1.18. The normalized spacial score (nSPS) is 13.8. The molecule has 0 radical (unpaired) electrons. The van der Waals surface area contributed by atoms with Crippen molar-refractivity contribution in [3.8, 4) is 28.1 Å². The average molecular weight is 490 g/mol. The van der Waals surface area contributed by atoms with E-state index in [1.807, 2.05) is 40.9 Å². The van der Waals surface area contributed by atoms with Gasteiger partial charge in [-0.3, -0.25) is 4.90 Å². The molecule has 37 heavy (non-hydrogen) atoms. The molecule has 2 aromatic heterocycles. The van der Waals surface area contributed by atoms with Gasteiger partial charge in [-0.15, -0.1) is 5.10 Å². The van der Waals surface area contributed by atoms with E-state index >= 15 is 0 Å². The lowest BCUT2D eigenvalue weighted by molar-refractivity contribution is 0.238. The zero-order chi connectivity index (χ0) is 25.0. The van der Waals surface area contributed by atoms with Gasteiger partial charge in [-0.05, 0) is 86.4 Å². The molecule has 1 aliphatic rings. The number of hydrogen-bond donors (Lipinski definition) is 1. The van der Waals surface area contributed by atoms with Gasteiger partial charge in [-0.25, -0.2) is 4.52 Å². The number of benzene rings is 3. The first-order valence-electron chi connectivity index (χ1n) is 13.0. The van der Waals surface area contributed by atoms with Gasteiger partial charge in [0.25, 0.3) is 0 Å². The van der Waals surface area contributed by atoms with Gasteiger partial charge < -0.3 is 10.1 Å². The topological polar surface area (TPSA) is 54.7 Å². The van der Waals surface area contributed by atoms with Gasteiger partial charge in [-0.1, -0.05) is 54.1 Å². The molecule has 1 saturated heterocycles. The van der Waals surface area contributed by atoms with Crippen LogP contribution in [0.5, 0.6) is 5.75 Å². The standard InChI is InChI=1S/C31H31N5O/c1-23-10-12-24(13-11-23)25-6-4-7-26(22-25)29-8-5-9-30-33-31(34-36(29)30)32-27-14-16-28(17-15-27)37-21-20-35-18-2-3-19-35/h4-17,22H,2-3,18-21H2,1H3,(H,32,34). The summed E-state index contributed by atoms with van der Waals surface area (Å²) in [5.74, 6) is 1.44. The number of rotatable bonds is 8. The summed E-state index contributed by atoms with van der Waals surface area (Å²) in [5, 5.41) is 8.11. The van der Waals surface area contributed by atoms with Crippen molar-refractivity contribution in [3.05, 3.63) is 96.6 Å². The van der Waals surface area contributed by atoms with Gasteiger partial charge in [0, 0.05) is 17.8 Å². The third kappa shape index (κ3) is 5.34. The van der Waals surface area contributed by atoms with Crippen LogP contribution in [0.1, 0.15) is 18.4 Å². The number of aromatic nitrogens is 3. The number of pyridine rings is 1. The van der Waals surface area contributed by atoms with E-state index in [9.17, 15) is 0 Å². The second kappa shape index (κ2) is 10.4. The molecule has 3 heterocycles. The number of aryl methyl sites for hydroxylation is 1. The monoisotopic (exact) mass is 489 g/mol. The first-order chi connectivity index (χ1) is 18.2. The van der Waals surface area contributed by atoms with Crippen molar-refractivity contribution in [3.63, 3.8) is 0 Å². The van der Waals surface area contributed by atoms with E-state index in [4.69, 9.17) is 14.8 Å². The fourth-order valence-electron chi connectivity index (χ4n) is 4.84. The lowest BCUT2D eigenvalue weighted by Gasteiger charge is -2.15. The van der Waals surface area contributed by atoms with Crippen molar-refractivity contribution < 1.29 is 4.74 Å². The van der Waals surface area contributed by atoms with Crippen molar-refractivity contribution in [2.75, 3.05) is 31.6 Å². The number of nitrogens with one attached hydrogen (secondary N) is 1. The summed E-state index contributed by atoms with van der Waals surface area (Å²) in [6.07, 6.45) is 2.61. The maximum absolute atomic E-state index is 5.93. The number of nitrogens with zero attached hydrogens (tertiary/aromatic N) is 4. The number of likely N-dealkylation sites (tertiary alicyclic amines) is 1. The van der Waals surface area contributed by atoms with E-state index in [0.717, 1.165) is 34.9 Å². The number of fused-ring (bicyclic) bond motifs is 1. The van der Waals surface area contributed by atoms with Gasteiger partial charge in [0.05, 0.1) is 5.69 Å². The molecule has 0 aliphatic carbocycles. The van der Waals surface area contributed by atoms with Crippen LogP contribution < -0.4 is 10.1 Å². The summed E-state index contributed by atoms with van der Waals surface area (Å²) >= 11 is 0. The largest absolute Gasteiger partial charge is 0.492 e. The van der Waals surface area contributed by atoms with Crippen LogP contribution in [0.25, 0.3) is 28.0 Å². The maximum atomic E-state index is 5.93. The molecular weight excluding hydrogens is 458 g/mol. The Hall–Kier alpha value is -4.16. The smallest absolute Gasteiger partial charge is 0.247 e. The van der Waals surface area contributed by atoms with Crippen LogP contribution >= 0.6 is 0 Å². The molecule has 3 aromatic carbocycles. The van der Waals surface area contributed by atoms with E-state index < -0.39 is 0 Å². The molecule has 6 rings (SSSR count). The minimum atomic E-state index is 0.560. The zero-order valence-corrected chi connectivity index (χ0v) is 21.1. The SMILES string of the molecule is Cc1ccc(-c2cccc(-c3cccc4nc(Nc5ccc(OCCN6CCCC6)cc5)nn34)c2)cc1. The summed E-state index contributed by atoms with van der Waals surface area (Å²) in [6, 6.07) is 31.2. The Morgan fingerprint density at radius 3 is 2.38 bits per heavy atom. The van der Waals surface area contributed by atoms with Crippen molar-refractivity contribution in [1.29, 1.82) is 0 Å². The first kappa shape index (κ1) is 23.3. The second-order valence-electron chi connectivity index (χ2n) is 9.61. The molecule has 1 fully saturated rings. The van der Waals surface area contributed by atoms with Crippen molar-refractivity contribution in [1.82, 2.24) is 19.5 Å². The third-order valence-corrected chi connectivity index (χ3v) is 6.89. The summed E-state index contributed by atoms with van der Waals surface area (Å²) in [5.41, 5.74) is 7.43. The molecule has 1 aliphatic heterocycles. The molecule has 1 N–H and O–H groups in total. The molecule has 0 bridgehead atoms. The third-order valence-electron chi connectivity index (χ3n) is 6.89. The van der Waals surface area contributed by atoms with Crippen LogP contribution in [0.3, 0.4) is 0 Å². The Kier molecular flexibility index (Phi) is 6.57. The van der Waals surface area contributed by atoms with Crippen LogP contribution in [0, 0.1) is 6.92 Å². The molecule has 6 heteroatoms. The molecule has 0 unspecified atom stereocenters. The molecule has 0 spiro atoms. The summed E-state index contributed by atoms with van der Waals surface area (Å²) in [7, 11) is 0. The minimum Gasteiger partial charge on any atom is -0.492 e. The molecule has 5 aromatic rings. The predicted molar refractivity (Wildman–Crippen MR) is 149 cm³/mol. The lowest BCUT2D eigenvalue weighted by atomic mass is 10.0. The lowest BCUT2D eigenvalue weighted by Crippen LogP contribution is -2.25. The average Bonchev–Trinajstić information content (AvgIpc) is 3.60. The molecule has 0 atom stereocenters. The fourth-order valence-corrected chi connectivity index (χ4v) is 4.84. The molecule has 186 valence electrons. The molecule has 6 nitrogen and oxygen atoms in total. The number of hydrogen-bond acceptors (Lipinski definition) is 5. The quantitative estimate of drug-likeness (QED) is 0.266. The van der Waals surface area contributed by atoms with Gasteiger partial charge in [0.2, 0.25) is 5.95 Å². The van der Waals surface area contributed by atoms with Crippen molar-refractivity contribution >= 4 is 17.3 Å². The van der Waals surface area contributed by atoms with Crippen LogP contribution in [0.4, 0.5) is 11.6 Å². The van der Waals surface area contributed by atoms with Gasteiger partial charge >= 0.3 is 0 Å². The summed E-state index contributed by atoms with van der Waals surface area (Å²) in [4.78, 5) is 7.16. The fraction of sp³-hybridized carbons (Fsp3) is 0.226. The van der Waals surface area contributed by atoms with Crippen LogP contribution in [-0.2, 0) is 0 Å². The van der Waals surface area contributed by atoms with Gasteiger partial charge in [-0.2, -0.15) is 4.98 Å². The molecule has 0 saturated carbocycles. The maximum Gasteiger partial charge on any atom is 0.247 e. The number of ether oxygens (including phenoxy) is 1. The predicted octanol–water partition coefficient (Wildman–Crippen LogP) is 6.59. The Morgan fingerprint density at radius 2 is 1.57 bits per heavy atom. The Labute approximate surface area is 217 Å². The van der Waals surface area contributed by atoms with Crippen molar-refractivity contribution in [2.45, 2.75) is 19.8 Å². The highest BCUT2D eigenvalue weighted by Crippen LogP contribution is 2.28. The first-order valence-corrected chi connectivity index (χ1v) is 13.0. The van der Waals surface area contributed by atoms with Gasteiger partial charge in [0.1, 0.15) is 12.4 Å². The highest BCUT2D eigenvalue weighted by Gasteiger charge is 2.12. The highest BCUT2D eigenvalue weighted by atomic mass is 16.5. The minimum absolute atomic E-state index is 0.560. The van der Waals surface area contributed by atoms with E-state index in [0.29, 0.717) is 12.6 Å². The second-order valence-corrected chi connectivity index (χ2v) is 9.61. The summed E-state index contributed by atoms with van der Waals surface area (Å²) < 4.78 is 7.82. The van der Waals surface area contributed by atoms with Crippen LogP contribution in [0.15, 0.2) is 91.0 Å². The zero-order valence-electron chi connectivity index (χ0n) is 21.1. The van der Waals surface area contributed by atoms with Gasteiger partial charge in [0.15, 0.2) is 5.65 Å². The van der Waals surface area contributed by atoms with E-state index in [2.05, 4.69) is 71.7 Å². The van der Waals surface area contributed by atoms with E-state index in [1.54, 1.807) is 0 Å². The molecular formula is C31H31N5O. The molecule has 0 amide bonds. The number of anilines is 2. The van der Waals surface area contributed by atoms with Crippen LogP contribution in [0.2, 0.25) is 0 Å². The van der Waals surface area contributed by atoms with E-state index in [-0.39, 0.29) is 0 Å². The van der Waals surface area contributed by atoms with Crippen molar-refractivity contribution in [2.24, 2.45) is 0 Å². The van der Waals surface area contributed by atoms with E-state index in [1.165, 1.54) is 42.6 Å². The van der Waals surface area contributed by atoms with Crippen LogP contribution in [-0.4, -0.2) is 45.7 Å².